The first-order valence-corrected chi connectivity index (χ1v) is 13.2. The third kappa shape index (κ3) is 7.00. The number of nitrogens with two attached hydrogens (primary N) is 1. The minimum atomic E-state index is -4.71. The summed E-state index contributed by atoms with van der Waals surface area (Å²) in [7, 11) is 1.51. The van der Waals surface area contributed by atoms with Gasteiger partial charge in [0.25, 0.3) is 5.91 Å². The molecule has 0 saturated heterocycles. The van der Waals surface area contributed by atoms with Gasteiger partial charge in [-0.1, -0.05) is 74.0 Å². The number of nitrogens with one attached hydrogen (secondary N) is 1. The average Bonchev–Trinajstić information content (AvgIpc) is 3.79. The van der Waals surface area contributed by atoms with Crippen molar-refractivity contribution in [3.8, 4) is 0 Å². The van der Waals surface area contributed by atoms with Crippen LogP contribution in [0.3, 0.4) is 0 Å². The maximum Gasteiger partial charge on any atom is 0.415 e. The quantitative estimate of drug-likeness (QED) is 0.185. The van der Waals surface area contributed by atoms with Gasteiger partial charge in [-0.3, -0.25) is 4.79 Å². The van der Waals surface area contributed by atoms with Crippen molar-refractivity contribution in [2.75, 3.05) is 17.3 Å². The second kappa shape index (κ2) is 12.1. The van der Waals surface area contributed by atoms with E-state index in [1.165, 1.54) is 11.9 Å². The number of anilines is 2. The molecule has 5 nitrogen and oxygen atoms in total. The number of halogens is 3. The van der Waals surface area contributed by atoms with E-state index in [9.17, 15) is 23.1 Å². The lowest BCUT2D eigenvalue weighted by Gasteiger charge is -2.30. The number of allylic oxidation sites excluding steroid dienone is 2. The van der Waals surface area contributed by atoms with E-state index >= 15 is 0 Å². The van der Waals surface area contributed by atoms with Crippen LogP contribution < -0.4 is 16.0 Å². The second-order valence-electron chi connectivity index (χ2n) is 10.2. The average molecular weight is 550 g/mol. The van der Waals surface area contributed by atoms with E-state index in [2.05, 4.69) is 11.9 Å². The standard InChI is InChI=1S/C32H34F3N3O2/c1-22(32(33,34)35)18-29(38(2)28-13-6-8-24(19-28)21-36)30(39)37-27-12-7-11-26(20-27)31(40,17-16-23-14-15-23)25-9-4-3-5-10-25/h3-13,18-20,23,40H,1,14-17,21,36H2,2H3,(H,37,39)/b29-18-. The van der Waals surface area contributed by atoms with Gasteiger partial charge in [0.05, 0.1) is 5.57 Å². The number of amides is 1. The van der Waals surface area contributed by atoms with Crippen molar-refractivity contribution in [3.05, 3.63) is 119 Å². The van der Waals surface area contributed by atoms with Gasteiger partial charge in [-0.05, 0) is 65.8 Å². The van der Waals surface area contributed by atoms with Crippen LogP contribution in [0.5, 0.6) is 0 Å². The highest BCUT2D eigenvalue weighted by atomic mass is 19.4. The van der Waals surface area contributed by atoms with Gasteiger partial charge in [-0.15, -0.1) is 0 Å². The minimum Gasteiger partial charge on any atom is -0.380 e. The largest absolute Gasteiger partial charge is 0.415 e. The van der Waals surface area contributed by atoms with Gasteiger partial charge < -0.3 is 21.1 Å². The van der Waals surface area contributed by atoms with Crippen LogP contribution in [0.1, 0.15) is 42.4 Å². The number of likely N-dealkylation sites (N-methyl/N-ethyl adjacent to an activating group) is 1. The Morgan fingerprint density at radius 1 is 1.05 bits per heavy atom. The molecule has 1 fully saturated rings. The molecule has 4 N–H and O–H groups in total. The Kier molecular flexibility index (Phi) is 8.81. The molecule has 0 aromatic heterocycles. The molecule has 1 aliphatic rings. The number of alkyl halides is 3. The number of carbonyl (C=O) groups excluding carboxylic acids is 1. The summed E-state index contributed by atoms with van der Waals surface area (Å²) in [5, 5.41) is 14.6. The summed E-state index contributed by atoms with van der Waals surface area (Å²) in [5.74, 6) is -0.162. The van der Waals surface area contributed by atoms with Crippen molar-refractivity contribution in [2.45, 2.75) is 44.0 Å². The molecule has 1 saturated carbocycles. The van der Waals surface area contributed by atoms with Gasteiger partial charge in [-0.25, -0.2) is 0 Å². The molecule has 1 amide bonds. The zero-order valence-electron chi connectivity index (χ0n) is 22.4. The fraction of sp³-hybridized carbons (Fsp3) is 0.281. The second-order valence-corrected chi connectivity index (χ2v) is 10.2. The van der Waals surface area contributed by atoms with Crippen LogP contribution >= 0.6 is 0 Å². The molecule has 4 rings (SSSR count). The van der Waals surface area contributed by atoms with Gasteiger partial charge >= 0.3 is 6.18 Å². The maximum atomic E-state index is 13.5. The summed E-state index contributed by atoms with van der Waals surface area (Å²) in [6, 6.07) is 23.0. The number of hydrogen-bond acceptors (Lipinski definition) is 4. The number of nitrogens with zero attached hydrogens (tertiary/aromatic N) is 1. The van der Waals surface area contributed by atoms with Crippen LogP contribution in [0.2, 0.25) is 0 Å². The van der Waals surface area contributed by atoms with Crippen LogP contribution in [0.15, 0.2) is 103 Å². The Labute approximate surface area is 232 Å². The van der Waals surface area contributed by atoms with Crippen molar-refractivity contribution in [1.29, 1.82) is 0 Å². The molecule has 3 aromatic carbocycles. The van der Waals surface area contributed by atoms with Crippen LogP contribution in [0, 0.1) is 5.92 Å². The third-order valence-electron chi connectivity index (χ3n) is 7.26. The predicted octanol–water partition coefficient (Wildman–Crippen LogP) is 6.65. The first-order chi connectivity index (χ1) is 19.0. The highest BCUT2D eigenvalue weighted by Gasteiger charge is 2.35. The molecular weight excluding hydrogens is 515 g/mol. The fourth-order valence-corrected chi connectivity index (χ4v) is 4.63. The van der Waals surface area contributed by atoms with Crippen molar-refractivity contribution >= 4 is 17.3 Å². The number of carbonyl (C=O) groups is 1. The Hall–Kier alpha value is -3.88. The zero-order chi connectivity index (χ0) is 28.9. The van der Waals surface area contributed by atoms with E-state index in [1.807, 2.05) is 30.3 Å². The Morgan fingerprint density at radius 3 is 2.38 bits per heavy atom. The monoisotopic (exact) mass is 549 g/mol. The topological polar surface area (TPSA) is 78.6 Å². The van der Waals surface area contributed by atoms with Crippen molar-refractivity contribution in [1.82, 2.24) is 0 Å². The zero-order valence-corrected chi connectivity index (χ0v) is 22.4. The van der Waals surface area contributed by atoms with Crippen LogP contribution in [-0.2, 0) is 16.9 Å². The first kappa shape index (κ1) is 29.1. The van der Waals surface area contributed by atoms with Crippen molar-refractivity contribution < 1.29 is 23.1 Å². The lowest BCUT2D eigenvalue weighted by molar-refractivity contribution is -0.112. The molecule has 0 radical (unpaired) electrons. The summed E-state index contributed by atoms with van der Waals surface area (Å²) < 4.78 is 40.3. The Bertz CT molecular complexity index is 1380. The van der Waals surface area contributed by atoms with E-state index in [1.54, 1.807) is 48.5 Å². The molecule has 8 heteroatoms. The third-order valence-corrected chi connectivity index (χ3v) is 7.26. The van der Waals surface area contributed by atoms with Gasteiger partial charge in [0.2, 0.25) is 0 Å². The molecule has 0 heterocycles. The summed E-state index contributed by atoms with van der Waals surface area (Å²) in [5.41, 5.74) is 5.95. The molecule has 0 bridgehead atoms. The molecule has 3 aromatic rings. The Balaban J connectivity index is 1.66. The number of aliphatic hydroxyl groups is 1. The van der Waals surface area contributed by atoms with Crippen LogP contribution in [-0.4, -0.2) is 24.2 Å². The van der Waals surface area contributed by atoms with E-state index in [0.717, 1.165) is 36.5 Å². The summed E-state index contributed by atoms with van der Waals surface area (Å²) in [4.78, 5) is 14.8. The van der Waals surface area contributed by atoms with E-state index in [-0.39, 0.29) is 12.2 Å². The van der Waals surface area contributed by atoms with Crippen molar-refractivity contribution in [3.63, 3.8) is 0 Å². The summed E-state index contributed by atoms with van der Waals surface area (Å²) in [6.45, 7) is 3.36. The van der Waals surface area contributed by atoms with E-state index in [0.29, 0.717) is 29.3 Å². The SMILES string of the molecule is C=C(/C=C(/C(=O)Nc1cccc(C(O)(CCC2CC2)c2ccccc2)c1)N(C)c1cccc(CN)c1)C(F)(F)F. The molecule has 1 unspecified atom stereocenters. The normalized spacial score (nSPS) is 15.3. The van der Waals surface area contributed by atoms with Crippen molar-refractivity contribution in [2.24, 2.45) is 11.7 Å². The predicted molar refractivity (Wildman–Crippen MR) is 152 cm³/mol. The highest BCUT2D eigenvalue weighted by molar-refractivity contribution is 6.06. The molecule has 40 heavy (non-hydrogen) atoms. The van der Waals surface area contributed by atoms with Gasteiger partial charge in [0.1, 0.15) is 11.3 Å². The minimum absolute atomic E-state index is 0.236. The first-order valence-electron chi connectivity index (χ1n) is 13.2. The van der Waals surface area contributed by atoms with Gasteiger partial charge in [0.15, 0.2) is 0 Å². The summed E-state index contributed by atoms with van der Waals surface area (Å²) in [6.07, 6.45) is -0.303. The molecular formula is C32H34F3N3O2. The maximum absolute atomic E-state index is 13.5. The molecule has 1 atom stereocenters. The van der Waals surface area contributed by atoms with Gasteiger partial charge in [-0.2, -0.15) is 13.2 Å². The number of rotatable bonds is 11. The lowest BCUT2D eigenvalue weighted by Crippen LogP contribution is -2.30. The molecule has 0 aliphatic heterocycles. The fourth-order valence-electron chi connectivity index (χ4n) is 4.63. The summed E-state index contributed by atoms with van der Waals surface area (Å²) >= 11 is 0. The lowest BCUT2D eigenvalue weighted by atomic mass is 9.82. The Morgan fingerprint density at radius 2 is 1.73 bits per heavy atom. The molecule has 0 spiro atoms. The number of hydrogen-bond donors (Lipinski definition) is 3. The molecule has 210 valence electrons. The molecule has 1 aliphatic carbocycles. The van der Waals surface area contributed by atoms with Crippen LogP contribution in [0.4, 0.5) is 24.5 Å². The highest BCUT2D eigenvalue weighted by Crippen LogP contribution is 2.41. The smallest absolute Gasteiger partial charge is 0.380 e. The van der Waals surface area contributed by atoms with E-state index in [4.69, 9.17) is 5.73 Å². The number of benzene rings is 3. The van der Waals surface area contributed by atoms with Gasteiger partial charge in [0, 0.05) is 25.0 Å². The van der Waals surface area contributed by atoms with E-state index < -0.39 is 23.3 Å². The van der Waals surface area contributed by atoms with Crippen LogP contribution in [0.25, 0.3) is 0 Å².